The van der Waals surface area contributed by atoms with Crippen molar-refractivity contribution in [3.05, 3.63) is 64.9 Å². The maximum absolute atomic E-state index is 13.9. The van der Waals surface area contributed by atoms with Gasteiger partial charge in [0.25, 0.3) is 0 Å². The number of hydrogen-bond acceptors (Lipinski definition) is 8. The molecule has 1 saturated carbocycles. The first-order valence-corrected chi connectivity index (χ1v) is 12.8. The van der Waals surface area contributed by atoms with E-state index in [0.29, 0.717) is 48.0 Å². The molecule has 2 aromatic carbocycles. The molecule has 0 amide bonds. The van der Waals surface area contributed by atoms with Crippen LogP contribution in [0.25, 0.3) is 0 Å². The number of aliphatic imine (C=N–C) groups is 1. The first kappa shape index (κ1) is 27.4. The Morgan fingerprint density at radius 3 is 2.45 bits per heavy atom. The van der Waals surface area contributed by atoms with Crippen molar-refractivity contribution in [3.8, 4) is 17.2 Å². The Kier molecular flexibility index (Phi) is 8.84. The molecule has 1 unspecified atom stereocenters. The van der Waals surface area contributed by atoms with Crippen LogP contribution in [0.3, 0.4) is 0 Å². The number of ketones is 1. The van der Waals surface area contributed by atoms with E-state index >= 15 is 0 Å². The maximum Gasteiger partial charge on any atom is 0.336 e. The first-order chi connectivity index (χ1) is 18.4. The van der Waals surface area contributed by atoms with Crippen LogP contribution in [0, 0.1) is 5.92 Å². The first-order valence-electron chi connectivity index (χ1n) is 12.8. The van der Waals surface area contributed by atoms with Crippen LogP contribution in [0.4, 0.5) is 0 Å². The highest BCUT2D eigenvalue weighted by Crippen LogP contribution is 2.47. The van der Waals surface area contributed by atoms with Crippen LogP contribution < -0.4 is 14.2 Å². The molecule has 0 N–H and O–H groups in total. The third-order valence-electron chi connectivity index (χ3n) is 7.10. The predicted octanol–water partition coefficient (Wildman–Crippen LogP) is 4.87. The monoisotopic (exact) mass is 521 g/mol. The van der Waals surface area contributed by atoms with Crippen LogP contribution in [-0.2, 0) is 19.1 Å². The number of ether oxygens (including phenoxy) is 5. The lowest BCUT2D eigenvalue weighted by atomic mass is 9.66. The number of carbonyl (C=O) groups is 2. The lowest BCUT2D eigenvalue weighted by Gasteiger charge is -2.38. The van der Waals surface area contributed by atoms with Gasteiger partial charge in [-0.15, -0.1) is 0 Å². The number of Topliss-reactive ketones (excluding diaryl/α,β-unsaturated/α-hetero) is 1. The maximum atomic E-state index is 13.9. The lowest BCUT2D eigenvalue weighted by Crippen LogP contribution is -2.41. The van der Waals surface area contributed by atoms with Gasteiger partial charge in [-0.3, -0.25) is 9.79 Å². The highest BCUT2D eigenvalue weighted by atomic mass is 16.6. The minimum absolute atomic E-state index is 0.0382. The molecule has 4 rings (SSSR count). The van der Waals surface area contributed by atoms with E-state index in [1.807, 2.05) is 49.4 Å². The Morgan fingerprint density at radius 2 is 1.74 bits per heavy atom. The van der Waals surface area contributed by atoms with Gasteiger partial charge in [-0.2, -0.15) is 0 Å². The molecule has 3 atom stereocenters. The second-order valence-electron chi connectivity index (χ2n) is 9.38. The number of benzene rings is 2. The molecule has 1 heterocycles. The summed E-state index contributed by atoms with van der Waals surface area (Å²) in [5, 5.41) is 0. The quantitative estimate of drug-likeness (QED) is 0.325. The molecule has 0 saturated heterocycles. The molecule has 1 fully saturated rings. The van der Waals surface area contributed by atoms with Gasteiger partial charge >= 0.3 is 5.97 Å². The number of nitrogens with zero attached hydrogens (tertiary/aromatic N) is 1. The summed E-state index contributed by atoms with van der Waals surface area (Å²) in [7, 11) is 4.74. The Hall–Kier alpha value is -3.65. The van der Waals surface area contributed by atoms with E-state index in [-0.39, 0.29) is 24.9 Å². The summed E-state index contributed by atoms with van der Waals surface area (Å²) in [5.74, 6) is 0.360. The molecule has 8 nitrogen and oxygen atoms in total. The molecular weight excluding hydrogens is 486 g/mol. The molecule has 0 radical (unpaired) electrons. The summed E-state index contributed by atoms with van der Waals surface area (Å²) in [4.78, 5) is 32.0. The van der Waals surface area contributed by atoms with Crippen molar-refractivity contribution in [2.45, 2.75) is 38.5 Å². The fourth-order valence-corrected chi connectivity index (χ4v) is 5.40. The van der Waals surface area contributed by atoms with Crippen molar-refractivity contribution in [3.63, 3.8) is 0 Å². The fraction of sp³-hybridized carbons (Fsp3) is 0.433. The Bertz CT molecular complexity index is 1250. The van der Waals surface area contributed by atoms with Crippen molar-refractivity contribution in [2.75, 3.05) is 41.2 Å². The topological polar surface area (TPSA) is 92.7 Å². The number of carbonyl (C=O) groups excluding carboxylic acids is 2. The van der Waals surface area contributed by atoms with Crippen molar-refractivity contribution in [1.82, 2.24) is 0 Å². The molecular formula is C30H35NO7. The molecule has 38 heavy (non-hydrogen) atoms. The number of rotatable bonds is 10. The number of allylic oxidation sites excluding steroid dienone is 1. The van der Waals surface area contributed by atoms with E-state index < -0.39 is 17.8 Å². The average Bonchev–Trinajstić information content (AvgIpc) is 2.92. The van der Waals surface area contributed by atoms with Gasteiger partial charge in [0.1, 0.15) is 18.1 Å². The zero-order chi connectivity index (χ0) is 27.2. The molecule has 1 aliphatic heterocycles. The van der Waals surface area contributed by atoms with E-state index in [2.05, 4.69) is 0 Å². The van der Waals surface area contributed by atoms with Gasteiger partial charge in [-0.25, -0.2) is 4.79 Å². The summed E-state index contributed by atoms with van der Waals surface area (Å²) in [6, 6.07) is 13.3. The zero-order valence-electron chi connectivity index (χ0n) is 22.6. The van der Waals surface area contributed by atoms with Crippen molar-refractivity contribution < 1.29 is 33.3 Å². The Morgan fingerprint density at radius 1 is 0.947 bits per heavy atom. The summed E-state index contributed by atoms with van der Waals surface area (Å²) >= 11 is 0. The van der Waals surface area contributed by atoms with Crippen molar-refractivity contribution in [2.24, 2.45) is 10.9 Å². The minimum Gasteiger partial charge on any atom is -0.494 e. The normalized spacial score (nSPS) is 20.9. The average molecular weight is 522 g/mol. The Labute approximate surface area is 223 Å². The van der Waals surface area contributed by atoms with Crippen LogP contribution in [0.15, 0.2) is 58.7 Å². The van der Waals surface area contributed by atoms with Gasteiger partial charge < -0.3 is 23.7 Å². The van der Waals surface area contributed by atoms with Gasteiger partial charge in [0.2, 0.25) is 0 Å². The summed E-state index contributed by atoms with van der Waals surface area (Å²) in [6.45, 7) is 4.64. The number of esters is 1. The molecule has 202 valence electrons. The second kappa shape index (κ2) is 12.3. The highest BCUT2D eigenvalue weighted by Gasteiger charge is 2.46. The molecule has 8 heteroatoms. The number of hydrogen-bond donors (Lipinski definition) is 0. The van der Waals surface area contributed by atoms with Gasteiger partial charge in [0, 0.05) is 30.9 Å². The zero-order valence-corrected chi connectivity index (χ0v) is 22.6. The summed E-state index contributed by atoms with van der Waals surface area (Å²) < 4.78 is 27.1. The molecule has 0 bridgehead atoms. The van der Waals surface area contributed by atoms with Crippen molar-refractivity contribution in [1.29, 1.82) is 0 Å². The second-order valence-corrected chi connectivity index (χ2v) is 9.38. The number of methoxy groups -OCH3 is 3. The largest absolute Gasteiger partial charge is 0.494 e. The van der Waals surface area contributed by atoms with Crippen LogP contribution in [0.1, 0.15) is 49.7 Å². The standard InChI is InChI=1S/C30H35NO7/c1-6-37-22-9-7-8-20(14-22)28-27(30(33)38-13-12-34-3)18(2)31-23-15-21(16-24(32)29(23)28)19-10-11-25(35-4)26(17-19)36-5/h7-11,14,17,21,28-29H,6,12-13,15-16H2,1-5H3/t21-,28-,29?/m0/s1. The Balaban J connectivity index is 1.74. The molecule has 2 aliphatic rings. The van der Waals surface area contributed by atoms with Gasteiger partial charge in [-0.05, 0) is 61.6 Å². The molecule has 0 aromatic heterocycles. The van der Waals surface area contributed by atoms with E-state index in [9.17, 15) is 9.59 Å². The molecule has 2 aromatic rings. The SMILES string of the molecule is CCOc1cccc([C@H]2C(C(=O)OCCOC)=C(C)N=C3C[C@H](c4ccc(OC)c(OC)c4)CC(=O)C32)c1. The summed E-state index contributed by atoms with van der Waals surface area (Å²) in [6.07, 6.45) is 0.919. The van der Waals surface area contributed by atoms with E-state index in [1.165, 1.54) is 0 Å². The minimum atomic E-state index is -0.558. The van der Waals surface area contributed by atoms with Crippen LogP contribution in [0.5, 0.6) is 17.2 Å². The molecule has 0 spiro atoms. The van der Waals surface area contributed by atoms with Gasteiger partial charge in [-0.1, -0.05) is 18.2 Å². The van der Waals surface area contributed by atoms with E-state index in [4.69, 9.17) is 28.7 Å². The third kappa shape index (κ3) is 5.60. The number of fused-ring (bicyclic) bond motifs is 1. The van der Waals surface area contributed by atoms with Crippen LogP contribution in [-0.4, -0.2) is 58.6 Å². The fourth-order valence-electron chi connectivity index (χ4n) is 5.40. The lowest BCUT2D eigenvalue weighted by molar-refractivity contribution is -0.140. The predicted molar refractivity (Wildman–Crippen MR) is 143 cm³/mol. The van der Waals surface area contributed by atoms with E-state index in [1.54, 1.807) is 28.3 Å². The van der Waals surface area contributed by atoms with Crippen LogP contribution in [0.2, 0.25) is 0 Å². The van der Waals surface area contributed by atoms with Crippen molar-refractivity contribution >= 4 is 17.5 Å². The third-order valence-corrected chi connectivity index (χ3v) is 7.10. The van der Waals surface area contributed by atoms with Gasteiger partial charge in [0.05, 0.1) is 38.9 Å². The smallest absolute Gasteiger partial charge is 0.336 e. The van der Waals surface area contributed by atoms with Crippen LogP contribution >= 0.6 is 0 Å². The molecule has 1 aliphatic carbocycles. The van der Waals surface area contributed by atoms with Gasteiger partial charge in [0.15, 0.2) is 11.5 Å². The van der Waals surface area contributed by atoms with E-state index in [0.717, 1.165) is 16.8 Å². The summed E-state index contributed by atoms with van der Waals surface area (Å²) in [5.41, 5.74) is 3.55. The highest BCUT2D eigenvalue weighted by molar-refractivity contribution is 6.12.